The molecule has 0 radical (unpaired) electrons. The minimum atomic E-state index is 0.0392. The molecule has 0 spiro atoms. The van der Waals surface area contributed by atoms with Gasteiger partial charge in [-0.15, -0.1) is 0 Å². The van der Waals surface area contributed by atoms with Crippen molar-refractivity contribution < 1.29 is 4.74 Å². The van der Waals surface area contributed by atoms with Crippen molar-refractivity contribution in [3.8, 4) is 0 Å². The molecule has 1 atom stereocenters. The fraction of sp³-hybridized carbons (Fsp3) is 0.706. The molecule has 112 valence electrons. The van der Waals surface area contributed by atoms with E-state index in [4.69, 9.17) is 4.74 Å². The van der Waals surface area contributed by atoms with Crippen molar-refractivity contribution in [3.63, 3.8) is 0 Å². The van der Waals surface area contributed by atoms with Gasteiger partial charge in [0.1, 0.15) is 0 Å². The maximum Gasteiger partial charge on any atom is 0.250 e. The quantitative estimate of drug-likeness (QED) is 0.798. The van der Waals surface area contributed by atoms with Crippen LogP contribution in [0.15, 0.2) is 23.1 Å². The van der Waals surface area contributed by atoms with Gasteiger partial charge < -0.3 is 9.30 Å². The van der Waals surface area contributed by atoms with E-state index in [2.05, 4.69) is 20.8 Å². The van der Waals surface area contributed by atoms with E-state index in [0.29, 0.717) is 12.0 Å². The van der Waals surface area contributed by atoms with Gasteiger partial charge in [0.15, 0.2) is 0 Å². The molecule has 2 rings (SSSR count). The van der Waals surface area contributed by atoms with Gasteiger partial charge >= 0.3 is 0 Å². The Morgan fingerprint density at radius 1 is 1.30 bits per heavy atom. The SMILES string of the molecule is CC(C)CC1CC(OCC(C)c2ccc(=O)n(C)c2)C1. The van der Waals surface area contributed by atoms with E-state index in [0.717, 1.165) is 18.4 Å². The van der Waals surface area contributed by atoms with Crippen molar-refractivity contribution in [3.05, 3.63) is 34.2 Å². The van der Waals surface area contributed by atoms with Crippen LogP contribution in [0, 0.1) is 11.8 Å². The average Bonchev–Trinajstić information content (AvgIpc) is 2.34. The van der Waals surface area contributed by atoms with E-state index in [9.17, 15) is 4.79 Å². The van der Waals surface area contributed by atoms with Gasteiger partial charge in [0.25, 0.3) is 0 Å². The van der Waals surface area contributed by atoms with Crippen LogP contribution >= 0.6 is 0 Å². The highest BCUT2D eigenvalue weighted by Gasteiger charge is 2.30. The number of aryl methyl sites for hydroxylation is 1. The molecule has 0 amide bonds. The van der Waals surface area contributed by atoms with Gasteiger partial charge in [-0.2, -0.15) is 0 Å². The topological polar surface area (TPSA) is 31.2 Å². The van der Waals surface area contributed by atoms with Crippen LogP contribution in [0.2, 0.25) is 0 Å². The van der Waals surface area contributed by atoms with E-state index in [1.54, 1.807) is 17.7 Å². The van der Waals surface area contributed by atoms with Crippen LogP contribution in [-0.2, 0) is 11.8 Å². The van der Waals surface area contributed by atoms with E-state index < -0.39 is 0 Å². The lowest BCUT2D eigenvalue weighted by molar-refractivity contribution is -0.0396. The second-order valence-corrected chi connectivity index (χ2v) is 6.73. The molecule has 1 aliphatic carbocycles. The summed E-state index contributed by atoms with van der Waals surface area (Å²) in [4.78, 5) is 11.4. The van der Waals surface area contributed by atoms with Gasteiger partial charge in [-0.05, 0) is 36.7 Å². The summed E-state index contributed by atoms with van der Waals surface area (Å²) in [5.74, 6) is 2.00. The van der Waals surface area contributed by atoms with Crippen LogP contribution in [0.25, 0.3) is 0 Å². The van der Waals surface area contributed by atoms with Gasteiger partial charge in [0, 0.05) is 25.2 Å². The molecule has 0 saturated heterocycles. The summed E-state index contributed by atoms with van der Waals surface area (Å²) in [6.45, 7) is 7.48. The summed E-state index contributed by atoms with van der Waals surface area (Å²) in [6, 6.07) is 3.55. The number of hydrogen-bond donors (Lipinski definition) is 0. The maximum absolute atomic E-state index is 11.4. The first-order valence-electron chi connectivity index (χ1n) is 7.74. The monoisotopic (exact) mass is 277 g/mol. The minimum Gasteiger partial charge on any atom is -0.378 e. The lowest BCUT2D eigenvalue weighted by atomic mass is 9.77. The number of hydrogen-bond acceptors (Lipinski definition) is 2. The zero-order valence-electron chi connectivity index (χ0n) is 13.1. The number of rotatable bonds is 6. The molecule has 0 bridgehead atoms. The molecule has 1 aliphatic rings. The van der Waals surface area contributed by atoms with Crippen LogP contribution in [0.1, 0.15) is 51.5 Å². The first-order valence-corrected chi connectivity index (χ1v) is 7.74. The molecule has 1 fully saturated rings. The molecule has 0 aromatic carbocycles. The minimum absolute atomic E-state index is 0.0392. The van der Waals surface area contributed by atoms with Gasteiger partial charge in [0.05, 0.1) is 12.7 Å². The van der Waals surface area contributed by atoms with Crippen molar-refractivity contribution in [1.29, 1.82) is 0 Å². The Labute approximate surface area is 122 Å². The molecule has 1 saturated carbocycles. The molecular weight excluding hydrogens is 250 g/mol. The fourth-order valence-corrected chi connectivity index (χ4v) is 2.95. The summed E-state index contributed by atoms with van der Waals surface area (Å²) in [6.07, 6.45) is 6.14. The summed E-state index contributed by atoms with van der Waals surface area (Å²) >= 11 is 0. The van der Waals surface area contributed by atoms with E-state index in [1.807, 2.05) is 12.3 Å². The predicted molar refractivity (Wildman–Crippen MR) is 82.0 cm³/mol. The third-order valence-electron chi connectivity index (χ3n) is 4.26. The van der Waals surface area contributed by atoms with Crippen molar-refractivity contribution in [2.75, 3.05) is 6.61 Å². The van der Waals surface area contributed by atoms with E-state index >= 15 is 0 Å². The van der Waals surface area contributed by atoms with Gasteiger partial charge in [-0.1, -0.05) is 26.8 Å². The Morgan fingerprint density at radius 3 is 2.60 bits per heavy atom. The molecule has 1 aromatic rings. The Kier molecular flexibility index (Phi) is 5.03. The van der Waals surface area contributed by atoms with Crippen molar-refractivity contribution in [2.45, 2.75) is 52.1 Å². The lowest BCUT2D eigenvalue weighted by Crippen LogP contribution is -2.33. The normalized spacial score (nSPS) is 23.6. The van der Waals surface area contributed by atoms with Gasteiger partial charge in [-0.3, -0.25) is 4.79 Å². The summed E-state index contributed by atoms with van der Waals surface area (Å²) in [5, 5.41) is 0. The number of ether oxygens (including phenoxy) is 1. The molecule has 0 aliphatic heterocycles. The molecule has 1 aromatic heterocycles. The highest BCUT2D eigenvalue weighted by atomic mass is 16.5. The molecule has 20 heavy (non-hydrogen) atoms. The highest BCUT2D eigenvalue weighted by Crippen LogP contribution is 2.35. The predicted octanol–water partition coefficient (Wildman–Crippen LogP) is 3.33. The maximum atomic E-state index is 11.4. The van der Waals surface area contributed by atoms with E-state index in [-0.39, 0.29) is 5.56 Å². The lowest BCUT2D eigenvalue weighted by Gasteiger charge is -2.36. The number of nitrogens with zero attached hydrogens (tertiary/aromatic N) is 1. The average molecular weight is 277 g/mol. The zero-order valence-corrected chi connectivity index (χ0v) is 13.1. The third-order valence-corrected chi connectivity index (χ3v) is 4.26. The van der Waals surface area contributed by atoms with Crippen LogP contribution in [0.3, 0.4) is 0 Å². The van der Waals surface area contributed by atoms with Crippen molar-refractivity contribution >= 4 is 0 Å². The van der Waals surface area contributed by atoms with Gasteiger partial charge in [-0.25, -0.2) is 0 Å². The Balaban J connectivity index is 1.75. The molecule has 3 heteroatoms. The highest BCUT2D eigenvalue weighted by molar-refractivity contribution is 5.14. The standard InChI is InChI=1S/C17H27NO2/c1-12(2)7-14-8-16(9-14)20-11-13(3)15-5-6-17(19)18(4)10-15/h5-6,10,12-14,16H,7-9,11H2,1-4H3. The third kappa shape index (κ3) is 3.95. The van der Waals surface area contributed by atoms with Crippen LogP contribution in [0.4, 0.5) is 0 Å². The number of aromatic nitrogens is 1. The Bertz CT molecular complexity index is 486. The second kappa shape index (κ2) is 6.57. The summed E-state index contributed by atoms with van der Waals surface area (Å²) in [5.41, 5.74) is 1.21. The fourth-order valence-electron chi connectivity index (χ4n) is 2.95. The zero-order chi connectivity index (χ0) is 14.7. The van der Waals surface area contributed by atoms with Crippen molar-refractivity contribution in [2.24, 2.45) is 18.9 Å². The number of pyridine rings is 1. The molecule has 1 heterocycles. The molecule has 0 N–H and O–H groups in total. The molecular formula is C17H27NO2. The Morgan fingerprint density at radius 2 is 2.00 bits per heavy atom. The van der Waals surface area contributed by atoms with Crippen molar-refractivity contribution in [1.82, 2.24) is 4.57 Å². The summed E-state index contributed by atoms with van der Waals surface area (Å²) < 4.78 is 7.62. The molecule has 3 nitrogen and oxygen atoms in total. The molecule has 1 unspecified atom stereocenters. The second-order valence-electron chi connectivity index (χ2n) is 6.73. The van der Waals surface area contributed by atoms with Crippen LogP contribution in [0.5, 0.6) is 0 Å². The van der Waals surface area contributed by atoms with Crippen LogP contribution in [-0.4, -0.2) is 17.3 Å². The van der Waals surface area contributed by atoms with Gasteiger partial charge in [0.2, 0.25) is 5.56 Å². The summed E-state index contributed by atoms with van der Waals surface area (Å²) in [7, 11) is 1.79. The first-order chi connectivity index (χ1) is 9.45. The van der Waals surface area contributed by atoms with Crippen LogP contribution < -0.4 is 5.56 Å². The smallest absolute Gasteiger partial charge is 0.250 e. The Hall–Kier alpha value is -1.09. The van der Waals surface area contributed by atoms with E-state index in [1.165, 1.54) is 24.8 Å². The largest absolute Gasteiger partial charge is 0.378 e. The first kappa shape index (κ1) is 15.3.